The molecule has 0 atom stereocenters. The van der Waals surface area contributed by atoms with Gasteiger partial charge in [0.25, 0.3) is 0 Å². The fraction of sp³-hybridized carbons (Fsp3) is 0.583. The number of rotatable bonds is 1. The fourth-order valence-electron chi connectivity index (χ4n) is 2.33. The lowest BCUT2D eigenvalue weighted by atomic mass is 9.76. The van der Waals surface area contributed by atoms with Gasteiger partial charge in [-0.25, -0.2) is 0 Å². The summed E-state index contributed by atoms with van der Waals surface area (Å²) in [5.41, 5.74) is 2.91. The van der Waals surface area contributed by atoms with Crippen molar-refractivity contribution in [1.29, 1.82) is 0 Å². The van der Waals surface area contributed by atoms with E-state index in [9.17, 15) is 0 Å². The number of hydrogen-bond acceptors (Lipinski definition) is 2. The molecular weight excluding hydrogens is 172 g/mol. The Morgan fingerprint density at radius 3 is 2.71 bits per heavy atom. The molecule has 0 aromatic carbocycles. The molecule has 0 unspecified atom stereocenters. The second-order valence-electron chi connectivity index (χ2n) is 4.48. The predicted molar refractivity (Wildman–Crippen MR) is 58.4 cm³/mol. The average molecular weight is 190 g/mol. The molecular formula is C12H18N2. The third-order valence-electron chi connectivity index (χ3n) is 3.29. The van der Waals surface area contributed by atoms with Crippen LogP contribution < -0.4 is 5.32 Å². The summed E-state index contributed by atoms with van der Waals surface area (Å²) in [4.78, 5) is 4.55. The first-order chi connectivity index (χ1) is 6.72. The van der Waals surface area contributed by atoms with Gasteiger partial charge in [0, 0.05) is 17.3 Å². The van der Waals surface area contributed by atoms with Crippen LogP contribution in [0.4, 0.5) is 0 Å². The minimum atomic E-state index is 0.288. The number of piperidine rings is 1. The Morgan fingerprint density at radius 2 is 2.07 bits per heavy atom. The fourth-order valence-corrected chi connectivity index (χ4v) is 2.33. The highest BCUT2D eigenvalue weighted by Crippen LogP contribution is 2.32. The van der Waals surface area contributed by atoms with Crippen molar-refractivity contribution in [2.24, 2.45) is 0 Å². The van der Waals surface area contributed by atoms with Crippen LogP contribution in [-0.2, 0) is 5.41 Å². The molecule has 0 amide bonds. The first-order valence-corrected chi connectivity index (χ1v) is 5.35. The van der Waals surface area contributed by atoms with E-state index in [2.05, 4.69) is 30.2 Å². The summed E-state index contributed by atoms with van der Waals surface area (Å²) in [5.74, 6) is 0. The number of hydrogen-bond donors (Lipinski definition) is 1. The van der Waals surface area contributed by atoms with Gasteiger partial charge in [0.15, 0.2) is 0 Å². The van der Waals surface area contributed by atoms with Crippen LogP contribution in [0.15, 0.2) is 18.3 Å². The van der Waals surface area contributed by atoms with E-state index in [1.54, 1.807) is 0 Å². The van der Waals surface area contributed by atoms with Crippen LogP contribution in [0.5, 0.6) is 0 Å². The topological polar surface area (TPSA) is 24.9 Å². The second-order valence-corrected chi connectivity index (χ2v) is 4.48. The van der Waals surface area contributed by atoms with E-state index in [0.29, 0.717) is 0 Å². The molecule has 0 saturated carbocycles. The zero-order valence-electron chi connectivity index (χ0n) is 9.01. The van der Waals surface area contributed by atoms with Gasteiger partial charge >= 0.3 is 0 Å². The molecule has 1 N–H and O–H groups in total. The molecule has 0 bridgehead atoms. The van der Waals surface area contributed by atoms with E-state index in [0.717, 1.165) is 13.1 Å². The largest absolute Gasteiger partial charge is 0.317 e. The van der Waals surface area contributed by atoms with Gasteiger partial charge in [0.05, 0.1) is 0 Å². The molecule has 0 spiro atoms. The van der Waals surface area contributed by atoms with E-state index in [1.165, 1.54) is 24.1 Å². The van der Waals surface area contributed by atoms with Crippen LogP contribution in [0.25, 0.3) is 0 Å². The Bertz CT molecular complexity index is 314. The summed E-state index contributed by atoms with van der Waals surface area (Å²) in [5, 5.41) is 3.40. The summed E-state index contributed by atoms with van der Waals surface area (Å²) in [7, 11) is 0. The Kier molecular flexibility index (Phi) is 2.55. The molecule has 1 saturated heterocycles. The summed E-state index contributed by atoms with van der Waals surface area (Å²) < 4.78 is 0. The number of aryl methyl sites for hydroxylation is 1. The summed E-state index contributed by atoms with van der Waals surface area (Å²) in [6.45, 7) is 6.73. The van der Waals surface area contributed by atoms with E-state index >= 15 is 0 Å². The molecule has 76 valence electrons. The van der Waals surface area contributed by atoms with Crippen molar-refractivity contribution in [1.82, 2.24) is 10.3 Å². The average Bonchev–Trinajstić information content (AvgIpc) is 2.19. The molecule has 1 aliphatic heterocycles. The molecule has 1 aromatic heterocycles. The summed E-state index contributed by atoms with van der Waals surface area (Å²) in [6.07, 6.45) is 4.31. The van der Waals surface area contributed by atoms with Crippen molar-refractivity contribution in [2.75, 3.05) is 13.1 Å². The minimum Gasteiger partial charge on any atom is -0.317 e. The van der Waals surface area contributed by atoms with Gasteiger partial charge in [-0.05, 0) is 44.5 Å². The van der Waals surface area contributed by atoms with Gasteiger partial charge in [-0.2, -0.15) is 0 Å². The van der Waals surface area contributed by atoms with Crippen molar-refractivity contribution in [3.63, 3.8) is 0 Å². The second kappa shape index (κ2) is 3.70. The zero-order chi connectivity index (χ0) is 10.0. The monoisotopic (exact) mass is 190 g/mol. The molecule has 14 heavy (non-hydrogen) atoms. The van der Waals surface area contributed by atoms with E-state index in [-0.39, 0.29) is 5.41 Å². The lowest BCUT2D eigenvalue weighted by molar-refractivity contribution is 0.326. The first kappa shape index (κ1) is 9.66. The molecule has 2 heterocycles. The first-order valence-electron chi connectivity index (χ1n) is 5.35. The van der Waals surface area contributed by atoms with Gasteiger partial charge in [0.1, 0.15) is 0 Å². The van der Waals surface area contributed by atoms with Crippen molar-refractivity contribution < 1.29 is 0 Å². The third kappa shape index (κ3) is 1.67. The highest BCUT2D eigenvalue weighted by atomic mass is 14.9. The Labute approximate surface area is 85.7 Å². The molecule has 1 aromatic rings. The Balaban J connectivity index is 2.32. The smallest absolute Gasteiger partial charge is 0.0492 e. The quantitative estimate of drug-likeness (QED) is 0.733. The summed E-state index contributed by atoms with van der Waals surface area (Å²) in [6, 6.07) is 4.18. The molecule has 2 heteroatoms. The highest BCUT2D eigenvalue weighted by Gasteiger charge is 2.30. The SMILES string of the molecule is Cc1cccnc1C1(C)CCNCC1. The van der Waals surface area contributed by atoms with Gasteiger partial charge in [-0.1, -0.05) is 13.0 Å². The van der Waals surface area contributed by atoms with Crippen LogP contribution in [0.2, 0.25) is 0 Å². The molecule has 2 nitrogen and oxygen atoms in total. The standard InChI is InChI=1S/C12H18N2/c1-10-4-3-7-14-11(10)12(2)5-8-13-9-6-12/h3-4,7,13H,5-6,8-9H2,1-2H3. The van der Waals surface area contributed by atoms with Crippen molar-refractivity contribution in [2.45, 2.75) is 32.1 Å². The Morgan fingerprint density at radius 1 is 1.36 bits per heavy atom. The van der Waals surface area contributed by atoms with Gasteiger partial charge in [-0.15, -0.1) is 0 Å². The maximum absolute atomic E-state index is 4.55. The summed E-state index contributed by atoms with van der Waals surface area (Å²) >= 11 is 0. The van der Waals surface area contributed by atoms with Crippen molar-refractivity contribution in [3.05, 3.63) is 29.6 Å². The Hall–Kier alpha value is -0.890. The maximum atomic E-state index is 4.55. The molecule has 0 radical (unpaired) electrons. The maximum Gasteiger partial charge on any atom is 0.0492 e. The van der Waals surface area contributed by atoms with Gasteiger partial charge < -0.3 is 5.32 Å². The predicted octanol–water partition coefficient (Wildman–Crippen LogP) is 2.03. The molecule has 1 fully saturated rings. The lowest BCUT2D eigenvalue weighted by Crippen LogP contribution is -2.38. The van der Waals surface area contributed by atoms with Gasteiger partial charge in [-0.3, -0.25) is 4.98 Å². The van der Waals surface area contributed by atoms with Crippen molar-refractivity contribution >= 4 is 0 Å². The number of nitrogens with one attached hydrogen (secondary N) is 1. The highest BCUT2D eigenvalue weighted by molar-refractivity contribution is 5.26. The lowest BCUT2D eigenvalue weighted by Gasteiger charge is -2.34. The molecule has 1 aliphatic rings. The van der Waals surface area contributed by atoms with Crippen LogP contribution in [0, 0.1) is 6.92 Å². The zero-order valence-corrected chi connectivity index (χ0v) is 9.01. The van der Waals surface area contributed by atoms with E-state index in [4.69, 9.17) is 0 Å². The number of nitrogens with zero attached hydrogens (tertiary/aromatic N) is 1. The molecule has 2 rings (SSSR count). The van der Waals surface area contributed by atoms with Crippen LogP contribution >= 0.6 is 0 Å². The van der Waals surface area contributed by atoms with Crippen LogP contribution in [-0.4, -0.2) is 18.1 Å². The molecule has 0 aliphatic carbocycles. The normalized spacial score (nSPS) is 20.7. The number of aromatic nitrogens is 1. The van der Waals surface area contributed by atoms with E-state index < -0.39 is 0 Å². The van der Waals surface area contributed by atoms with Crippen LogP contribution in [0.3, 0.4) is 0 Å². The third-order valence-corrected chi connectivity index (χ3v) is 3.29. The number of pyridine rings is 1. The van der Waals surface area contributed by atoms with Crippen molar-refractivity contribution in [3.8, 4) is 0 Å². The van der Waals surface area contributed by atoms with Gasteiger partial charge in [0.2, 0.25) is 0 Å². The van der Waals surface area contributed by atoms with E-state index in [1.807, 2.05) is 12.3 Å². The van der Waals surface area contributed by atoms with Crippen LogP contribution in [0.1, 0.15) is 31.0 Å². The minimum absolute atomic E-state index is 0.288.